The van der Waals surface area contributed by atoms with Crippen molar-refractivity contribution in [1.82, 2.24) is 4.31 Å². The van der Waals surface area contributed by atoms with Crippen molar-refractivity contribution in [3.05, 3.63) is 53.6 Å². The maximum absolute atomic E-state index is 13.2. The van der Waals surface area contributed by atoms with Gasteiger partial charge in [-0.15, -0.1) is 0 Å². The molecule has 3 rings (SSSR count). The fourth-order valence-electron chi connectivity index (χ4n) is 3.46. The summed E-state index contributed by atoms with van der Waals surface area (Å²) in [6, 6.07) is 12.7. The van der Waals surface area contributed by atoms with Gasteiger partial charge < -0.3 is 10.1 Å². The third-order valence-electron chi connectivity index (χ3n) is 5.69. The summed E-state index contributed by atoms with van der Waals surface area (Å²) < 4.78 is 31.5. The van der Waals surface area contributed by atoms with E-state index in [-0.39, 0.29) is 16.2 Å². The van der Waals surface area contributed by atoms with Crippen LogP contribution in [0.5, 0.6) is 5.75 Å². The summed E-state index contributed by atoms with van der Waals surface area (Å²) in [6.45, 7) is 6.47. The Balaban J connectivity index is 1.90. The third kappa shape index (κ3) is 4.09. The molecular formula is C23H30N2O4S. The van der Waals surface area contributed by atoms with E-state index in [2.05, 4.69) is 38.2 Å². The third-order valence-corrected chi connectivity index (χ3v) is 7.50. The molecule has 1 saturated carbocycles. The zero-order valence-electron chi connectivity index (χ0n) is 18.4. The predicted octanol–water partition coefficient (Wildman–Crippen LogP) is 3.91. The highest BCUT2D eigenvalue weighted by Gasteiger charge is 2.51. The molecule has 2 aromatic rings. The number of rotatable bonds is 6. The number of amides is 1. The van der Waals surface area contributed by atoms with Crippen molar-refractivity contribution < 1.29 is 17.9 Å². The van der Waals surface area contributed by atoms with Gasteiger partial charge >= 0.3 is 0 Å². The zero-order valence-corrected chi connectivity index (χ0v) is 19.3. The van der Waals surface area contributed by atoms with Gasteiger partial charge in [0.15, 0.2) is 0 Å². The molecule has 162 valence electrons. The van der Waals surface area contributed by atoms with E-state index in [1.807, 2.05) is 12.1 Å². The van der Waals surface area contributed by atoms with E-state index in [0.717, 1.165) is 22.7 Å². The van der Waals surface area contributed by atoms with Crippen LogP contribution in [0.15, 0.2) is 47.4 Å². The van der Waals surface area contributed by atoms with Crippen molar-refractivity contribution >= 4 is 21.6 Å². The molecule has 0 saturated heterocycles. The number of methoxy groups -OCH3 is 1. The van der Waals surface area contributed by atoms with E-state index < -0.39 is 15.4 Å². The fourth-order valence-corrected chi connectivity index (χ4v) is 4.39. The van der Waals surface area contributed by atoms with Crippen LogP contribution < -0.4 is 10.1 Å². The van der Waals surface area contributed by atoms with Gasteiger partial charge in [-0.25, -0.2) is 12.7 Å². The zero-order chi connectivity index (χ0) is 22.3. The van der Waals surface area contributed by atoms with Crippen LogP contribution in [-0.4, -0.2) is 39.8 Å². The molecule has 0 heterocycles. The van der Waals surface area contributed by atoms with Gasteiger partial charge in [-0.05, 0) is 47.6 Å². The van der Waals surface area contributed by atoms with E-state index in [1.54, 1.807) is 6.07 Å². The van der Waals surface area contributed by atoms with Crippen LogP contribution in [0.3, 0.4) is 0 Å². The number of nitrogens with one attached hydrogen (secondary N) is 1. The minimum Gasteiger partial charge on any atom is -0.495 e. The minimum atomic E-state index is -3.62. The highest BCUT2D eigenvalue weighted by Crippen LogP contribution is 2.49. The molecule has 7 heteroatoms. The topological polar surface area (TPSA) is 75.7 Å². The Labute approximate surface area is 179 Å². The molecule has 0 spiro atoms. The molecule has 0 aromatic heterocycles. The number of hydrogen-bond acceptors (Lipinski definition) is 4. The quantitative estimate of drug-likeness (QED) is 0.754. The van der Waals surface area contributed by atoms with E-state index in [9.17, 15) is 13.2 Å². The van der Waals surface area contributed by atoms with Gasteiger partial charge in [-0.1, -0.05) is 45.0 Å². The van der Waals surface area contributed by atoms with Gasteiger partial charge in [-0.3, -0.25) is 4.79 Å². The first kappa shape index (κ1) is 22.3. The highest BCUT2D eigenvalue weighted by atomic mass is 32.2. The van der Waals surface area contributed by atoms with Crippen molar-refractivity contribution in [3.63, 3.8) is 0 Å². The molecular weight excluding hydrogens is 400 g/mol. The summed E-state index contributed by atoms with van der Waals surface area (Å²) in [5.41, 5.74) is 2.00. The number of nitrogens with zero attached hydrogens (tertiary/aromatic N) is 1. The molecule has 1 aliphatic carbocycles. The molecule has 0 atom stereocenters. The van der Waals surface area contributed by atoms with Crippen LogP contribution in [0.2, 0.25) is 0 Å². The molecule has 1 fully saturated rings. The summed E-state index contributed by atoms with van der Waals surface area (Å²) in [5.74, 6) is 0.267. The van der Waals surface area contributed by atoms with Gasteiger partial charge in [-0.2, -0.15) is 0 Å². The highest BCUT2D eigenvalue weighted by molar-refractivity contribution is 7.89. The smallest absolute Gasteiger partial charge is 0.242 e. The summed E-state index contributed by atoms with van der Waals surface area (Å²) >= 11 is 0. The van der Waals surface area contributed by atoms with Crippen LogP contribution in [0.4, 0.5) is 5.69 Å². The first-order valence-corrected chi connectivity index (χ1v) is 11.4. The van der Waals surface area contributed by atoms with E-state index in [0.29, 0.717) is 11.4 Å². The van der Waals surface area contributed by atoms with Crippen LogP contribution in [0.1, 0.15) is 44.7 Å². The van der Waals surface area contributed by atoms with Crippen molar-refractivity contribution in [2.45, 2.75) is 49.3 Å². The van der Waals surface area contributed by atoms with Gasteiger partial charge in [0.1, 0.15) is 5.75 Å². The number of hydrogen-bond donors (Lipinski definition) is 1. The molecule has 0 unspecified atom stereocenters. The Morgan fingerprint density at radius 3 is 2.13 bits per heavy atom. The number of benzene rings is 2. The van der Waals surface area contributed by atoms with Crippen LogP contribution >= 0.6 is 0 Å². The Morgan fingerprint density at radius 2 is 1.67 bits per heavy atom. The van der Waals surface area contributed by atoms with Gasteiger partial charge in [0, 0.05) is 14.1 Å². The summed E-state index contributed by atoms with van der Waals surface area (Å²) in [5, 5.41) is 2.91. The lowest BCUT2D eigenvalue weighted by Gasteiger charge is -2.22. The molecule has 2 aromatic carbocycles. The largest absolute Gasteiger partial charge is 0.495 e. The van der Waals surface area contributed by atoms with Gasteiger partial charge in [0.05, 0.1) is 23.1 Å². The molecule has 30 heavy (non-hydrogen) atoms. The molecule has 1 N–H and O–H groups in total. The second-order valence-electron chi connectivity index (χ2n) is 9.01. The molecule has 0 radical (unpaired) electrons. The van der Waals surface area contributed by atoms with Gasteiger partial charge in [0.2, 0.25) is 15.9 Å². The van der Waals surface area contributed by atoms with Crippen molar-refractivity contribution in [2.24, 2.45) is 0 Å². The first-order chi connectivity index (χ1) is 13.9. The Hall–Kier alpha value is -2.38. The second kappa shape index (κ2) is 7.71. The summed E-state index contributed by atoms with van der Waals surface area (Å²) in [4.78, 5) is 13.3. The lowest BCUT2D eigenvalue weighted by atomic mass is 9.85. The van der Waals surface area contributed by atoms with Crippen molar-refractivity contribution in [2.75, 3.05) is 26.5 Å². The number of ether oxygens (including phenoxy) is 1. The maximum atomic E-state index is 13.2. The van der Waals surface area contributed by atoms with Crippen LogP contribution in [0, 0.1) is 0 Å². The van der Waals surface area contributed by atoms with Crippen molar-refractivity contribution in [1.29, 1.82) is 0 Å². The molecule has 1 aliphatic rings. The van der Waals surface area contributed by atoms with Crippen LogP contribution in [-0.2, 0) is 25.6 Å². The average Bonchev–Trinajstić information content (AvgIpc) is 3.49. The van der Waals surface area contributed by atoms with E-state index in [1.165, 1.54) is 38.9 Å². The number of carbonyl (C=O) groups excluding carboxylic acids is 1. The molecule has 0 aliphatic heterocycles. The lowest BCUT2D eigenvalue weighted by molar-refractivity contribution is -0.118. The monoisotopic (exact) mass is 430 g/mol. The SMILES string of the molecule is COc1ccc(S(=O)(=O)N(C)C)cc1NC(=O)C1(c2ccc(C(C)(C)C)cc2)CC1. The lowest BCUT2D eigenvalue weighted by Crippen LogP contribution is -2.28. The van der Waals surface area contributed by atoms with E-state index >= 15 is 0 Å². The summed E-state index contributed by atoms with van der Waals surface area (Å²) in [6.07, 6.45) is 1.51. The Morgan fingerprint density at radius 1 is 1.07 bits per heavy atom. The predicted molar refractivity (Wildman–Crippen MR) is 119 cm³/mol. The minimum absolute atomic E-state index is 0.0449. The average molecular weight is 431 g/mol. The molecule has 0 bridgehead atoms. The molecule has 6 nitrogen and oxygen atoms in total. The normalized spacial score (nSPS) is 15.7. The number of sulfonamides is 1. The molecule has 1 amide bonds. The van der Waals surface area contributed by atoms with Crippen molar-refractivity contribution in [3.8, 4) is 5.75 Å². The maximum Gasteiger partial charge on any atom is 0.242 e. The standard InChI is InChI=1S/C23H30N2O4S/c1-22(2,3)16-7-9-17(10-8-16)23(13-14-23)21(26)24-19-15-18(11-12-20(19)29-6)30(27,28)25(4)5/h7-12,15H,13-14H2,1-6H3,(H,24,26). The van der Waals surface area contributed by atoms with Gasteiger partial charge in [0.25, 0.3) is 0 Å². The Kier molecular flexibility index (Phi) is 5.73. The number of anilines is 1. The van der Waals surface area contributed by atoms with E-state index in [4.69, 9.17) is 4.74 Å². The summed E-state index contributed by atoms with van der Waals surface area (Å²) in [7, 11) is 0.806. The first-order valence-electron chi connectivity index (χ1n) is 9.95. The number of carbonyl (C=O) groups is 1. The fraction of sp³-hybridized carbons (Fsp3) is 0.435. The Bertz CT molecular complexity index is 1050. The van der Waals surface area contributed by atoms with Crippen LogP contribution in [0.25, 0.3) is 0 Å². The second-order valence-corrected chi connectivity index (χ2v) is 11.2.